The molecule has 244 valence electrons. The summed E-state index contributed by atoms with van der Waals surface area (Å²) in [6, 6.07) is 21.9. The number of ether oxygens (including phenoxy) is 3. The molecular formula is C36H37ClN4O6. The van der Waals surface area contributed by atoms with Gasteiger partial charge < -0.3 is 29.7 Å². The van der Waals surface area contributed by atoms with Gasteiger partial charge in [-0.15, -0.1) is 0 Å². The van der Waals surface area contributed by atoms with E-state index in [9.17, 15) is 15.0 Å². The molecule has 0 saturated carbocycles. The van der Waals surface area contributed by atoms with Crippen molar-refractivity contribution in [2.24, 2.45) is 4.99 Å². The van der Waals surface area contributed by atoms with E-state index in [2.05, 4.69) is 32.7 Å². The normalized spacial score (nSPS) is 16.5. The molecule has 6 rings (SSSR count). The Bertz CT molecular complexity index is 1850. The summed E-state index contributed by atoms with van der Waals surface area (Å²) in [5.74, 6) is 1.13. The SMILES string of the molecule is COc1cc(-c2cccc(-c3cccc4c3CC[C@@H]4Oc3ccc(CN[C@@](C)(CO)C(=O)O)c(OC)n3)c2Cl)ccc1C1=NCCN1. The van der Waals surface area contributed by atoms with Gasteiger partial charge in [0.2, 0.25) is 11.8 Å². The summed E-state index contributed by atoms with van der Waals surface area (Å²) < 4.78 is 17.6. The molecule has 47 heavy (non-hydrogen) atoms. The summed E-state index contributed by atoms with van der Waals surface area (Å²) >= 11 is 7.15. The molecule has 11 heteroatoms. The minimum absolute atomic E-state index is 0.138. The number of pyridine rings is 1. The Labute approximate surface area is 278 Å². The van der Waals surface area contributed by atoms with E-state index in [1.165, 1.54) is 19.6 Å². The lowest BCUT2D eigenvalue weighted by molar-refractivity contribution is -0.145. The lowest BCUT2D eigenvalue weighted by atomic mass is 9.93. The van der Waals surface area contributed by atoms with E-state index in [-0.39, 0.29) is 12.6 Å². The van der Waals surface area contributed by atoms with Crippen LogP contribution in [0.2, 0.25) is 5.02 Å². The Morgan fingerprint density at radius 3 is 2.55 bits per heavy atom. The second kappa shape index (κ2) is 13.6. The molecule has 1 aliphatic carbocycles. The molecule has 1 aliphatic heterocycles. The Kier molecular flexibility index (Phi) is 9.35. The monoisotopic (exact) mass is 656 g/mol. The number of amidine groups is 1. The number of aliphatic hydroxyl groups is 1. The van der Waals surface area contributed by atoms with Gasteiger partial charge in [-0.2, -0.15) is 4.98 Å². The number of carbonyl (C=O) groups is 1. The second-order valence-electron chi connectivity index (χ2n) is 11.7. The average Bonchev–Trinajstić information content (AvgIpc) is 3.78. The number of benzene rings is 3. The van der Waals surface area contributed by atoms with Crippen molar-refractivity contribution in [3.05, 3.63) is 94.0 Å². The van der Waals surface area contributed by atoms with E-state index in [0.29, 0.717) is 22.3 Å². The summed E-state index contributed by atoms with van der Waals surface area (Å²) in [6.45, 7) is 2.56. The van der Waals surface area contributed by atoms with Gasteiger partial charge >= 0.3 is 5.97 Å². The Balaban J connectivity index is 1.24. The predicted octanol–water partition coefficient (Wildman–Crippen LogP) is 5.43. The maximum Gasteiger partial charge on any atom is 0.326 e. The van der Waals surface area contributed by atoms with Crippen LogP contribution in [0.4, 0.5) is 0 Å². The zero-order chi connectivity index (χ0) is 33.1. The van der Waals surface area contributed by atoms with E-state index in [4.69, 9.17) is 25.8 Å². The van der Waals surface area contributed by atoms with Crippen LogP contribution in [0.1, 0.15) is 41.7 Å². The number of nitrogens with zero attached hydrogens (tertiary/aromatic N) is 2. The van der Waals surface area contributed by atoms with Gasteiger partial charge in [-0.1, -0.05) is 54.1 Å². The first kappa shape index (κ1) is 32.3. The largest absolute Gasteiger partial charge is 0.496 e. The van der Waals surface area contributed by atoms with Gasteiger partial charge in [0.25, 0.3) is 0 Å². The highest BCUT2D eigenvalue weighted by molar-refractivity contribution is 6.36. The van der Waals surface area contributed by atoms with Gasteiger partial charge in [-0.05, 0) is 60.2 Å². The molecule has 2 atom stereocenters. The first-order valence-electron chi connectivity index (χ1n) is 15.4. The highest BCUT2D eigenvalue weighted by atomic mass is 35.5. The first-order valence-corrected chi connectivity index (χ1v) is 15.8. The number of aliphatic imine (C=N–C) groups is 1. The lowest BCUT2D eigenvalue weighted by Crippen LogP contribution is -2.52. The third-order valence-electron chi connectivity index (χ3n) is 8.77. The van der Waals surface area contributed by atoms with Gasteiger partial charge in [0.05, 0.1) is 38.0 Å². The summed E-state index contributed by atoms with van der Waals surface area (Å²) in [5.41, 5.74) is 6.19. The summed E-state index contributed by atoms with van der Waals surface area (Å²) in [6.07, 6.45) is 1.35. The highest BCUT2D eigenvalue weighted by Crippen LogP contribution is 2.44. The van der Waals surface area contributed by atoms with Crippen molar-refractivity contribution in [2.45, 2.75) is 38.0 Å². The van der Waals surface area contributed by atoms with Gasteiger partial charge in [0.15, 0.2) is 0 Å². The fourth-order valence-corrected chi connectivity index (χ4v) is 6.39. The molecule has 4 N–H and O–H groups in total. The quantitative estimate of drug-likeness (QED) is 0.158. The number of hydrogen-bond donors (Lipinski definition) is 4. The molecule has 0 spiro atoms. The van der Waals surface area contributed by atoms with E-state index in [1.807, 2.05) is 42.5 Å². The Morgan fingerprint density at radius 2 is 1.83 bits per heavy atom. The smallest absolute Gasteiger partial charge is 0.326 e. The molecule has 0 fully saturated rings. The van der Waals surface area contributed by atoms with E-state index in [0.717, 1.165) is 70.9 Å². The Morgan fingerprint density at radius 1 is 1.04 bits per heavy atom. The van der Waals surface area contributed by atoms with Crippen LogP contribution in [0.15, 0.2) is 71.7 Å². The van der Waals surface area contributed by atoms with Crippen molar-refractivity contribution in [3.63, 3.8) is 0 Å². The molecule has 1 aromatic heterocycles. The molecule has 0 bridgehead atoms. The third kappa shape index (κ3) is 6.36. The topological polar surface area (TPSA) is 135 Å². The van der Waals surface area contributed by atoms with E-state index < -0.39 is 18.1 Å². The van der Waals surface area contributed by atoms with Crippen LogP contribution in [0, 0.1) is 0 Å². The number of carboxylic acid groups (broad SMARTS) is 1. The van der Waals surface area contributed by atoms with Crippen molar-refractivity contribution in [2.75, 3.05) is 33.9 Å². The first-order chi connectivity index (χ1) is 22.8. The maximum atomic E-state index is 11.6. The van der Waals surface area contributed by atoms with Crippen LogP contribution in [-0.2, 0) is 17.8 Å². The maximum absolute atomic E-state index is 11.6. The molecule has 0 saturated heterocycles. The van der Waals surface area contributed by atoms with Gasteiger partial charge in [0, 0.05) is 35.8 Å². The van der Waals surface area contributed by atoms with E-state index >= 15 is 0 Å². The molecule has 2 heterocycles. The number of methoxy groups -OCH3 is 2. The van der Waals surface area contributed by atoms with Gasteiger partial charge in [-0.25, -0.2) is 0 Å². The van der Waals surface area contributed by atoms with Crippen molar-refractivity contribution in [1.82, 2.24) is 15.6 Å². The summed E-state index contributed by atoms with van der Waals surface area (Å²) in [5, 5.41) is 25.8. The highest BCUT2D eigenvalue weighted by Gasteiger charge is 2.32. The number of aliphatic carboxylic acids is 1. The number of rotatable bonds is 12. The van der Waals surface area contributed by atoms with Crippen LogP contribution in [0.5, 0.6) is 17.5 Å². The van der Waals surface area contributed by atoms with Crippen LogP contribution >= 0.6 is 11.6 Å². The molecule has 0 radical (unpaired) electrons. The standard InChI is InChI=1S/C36H37ClN4O6/c1-36(20-42,35(43)44)40-19-22-11-15-31(41-34(22)46-3)47-29-14-13-25-24(7-5-8-26(25)29)27-9-4-6-23(32(27)37)21-10-12-28(30(18-21)45-2)33-38-16-17-39-33/h4-12,15,18,29,40,42H,13-14,16-17,19-20H2,1-3H3,(H,38,39)(H,43,44)/t29-,36-/m0/s1. The van der Waals surface area contributed by atoms with Crippen molar-refractivity contribution in [3.8, 4) is 39.8 Å². The number of hydrogen-bond acceptors (Lipinski definition) is 9. The number of nitrogens with one attached hydrogen (secondary N) is 2. The van der Waals surface area contributed by atoms with Crippen molar-refractivity contribution >= 4 is 23.4 Å². The number of aliphatic hydroxyl groups excluding tert-OH is 1. The van der Waals surface area contributed by atoms with Crippen LogP contribution in [0.3, 0.4) is 0 Å². The Hall–Kier alpha value is -4.64. The molecule has 3 aromatic carbocycles. The lowest BCUT2D eigenvalue weighted by Gasteiger charge is -2.24. The number of carboxylic acids is 1. The summed E-state index contributed by atoms with van der Waals surface area (Å²) in [4.78, 5) is 20.6. The molecule has 4 aromatic rings. The minimum Gasteiger partial charge on any atom is -0.496 e. The molecule has 0 unspecified atom stereocenters. The summed E-state index contributed by atoms with van der Waals surface area (Å²) in [7, 11) is 3.16. The average molecular weight is 657 g/mol. The van der Waals surface area contributed by atoms with Gasteiger partial charge in [0.1, 0.15) is 23.2 Å². The fraction of sp³-hybridized carbons (Fsp3) is 0.306. The van der Waals surface area contributed by atoms with Crippen LogP contribution < -0.4 is 24.8 Å². The predicted molar refractivity (Wildman–Crippen MR) is 181 cm³/mol. The minimum atomic E-state index is -1.49. The van der Waals surface area contributed by atoms with Crippen molar-refractivity contribution < 1.29 is 29.2 Å². The zero-order valence-corrected chi connectivity index (χ0v) is 27.2. The van der Waals surface area contributed by atoms with E-state index in [1.54, 1.807) is 19.2 Å². The van der Waals surface area contributed by atoms with Crippen LogP contribution in [-0.4, -0.2) is 66.5 Å². The number of fused-ring (bicyclic) bond motifs is 1. The van der Waals surface area contributed by atoms with Crippen LogP contribution in [0.25, 0.3) is 22.3 Å². The van der Waals surface area contributed by atoms with Gasteiger partial charge in [-0.3, -0.25) is 15.1 Å². The molecule has 0 amide bonds. The van der Waals surface area contributed by atoms with Crippen molar-refractivity contribution in [1.29, 1.82) is 0 Å². The third-order valence-corrected chi connectivity index (χ3v) is 9.18. The zero-order valence-electron chi connectivity index (χ0n) is 26.5. The molecule has 2 aliphatic rings. The molecular weight excluding hydrogens is 620 g/mol. The number of aromatic nitrogens is 1. The number of halogens is 1. The molecule has 10 nitrogen and oxygen atoms in total. The fourth-order valence-electron chi connectivity index (χ4n) is 6.05. The second-order valence-corrected chi connectivity index (χ2v) is 12.1.